The van der Waals surface area contributed by atoms with E-state index >= 15 is 0 Å². The van der Waals surface area contributed by atoms with Crippen LogP contribution in [0.15, 0.2) is 11.4 Å². The van der Waals surface area contributed by atoms with Crippen LogP contribution in [-0.4, -0.2) is 13.1 Å². The first-order valence-corrected chi connectivity index (χ1v) is 4.68. The van der Waals surface area contributed by atoms with Gasteiger partial charge in [-0.3, -0.25) is 4.79 Å². The van der Waals surface area contributed by atoms with Gasteiger partial charge < -0.3 is 4.74 Å². The molecule has 1 aromatic heterocycles. The van der Waals surface area contributed by atoms with Crippen molar-refractivity contribution in [2.45, 2.75) is 6.42 Å². The Morgan fingerprint density at radius 1 is 1.71 bits per heavy atom. The first kappa shape index (κ1) is 10.3. The molecule has 0 bridgehead atoms. The Labute approximate surface area is 85.9 Å². The van der Waals surface area contributed by atoms with Crippen LogP contribution in [0.5, 0.6) is 0 Å². The molecule has 1 heterocycles. The molecule has 0 aliphatic heterocycles. The molecule has 0 aliphatic rings. The van der Waals surface area contributed by atoms with Crippen LogP contribution in [0.2, 0.25) is 0 Å². The Morgan fingerprint density at radius 3 is 3.07 bits per heavy atom. The van der Waals surface area contributed by atoms with Crippen molar-refractivity contribution >= 4 is 17.3 Å². The van der Waals surface area contributed by atoms with Crippen LogP contribution in [0.25, 0.3) is 0 Å². The van der Waals surface area contributed by atoms with E-state index in [0.29, 0.717) is 4.88 Å². The van der Waals surface area contributed by atoms with Crippen LogP contribution in [0.1, 0.15) is 16.9 Å². The lowest BCUT2D eigenvalue weighted by Gasteiger charge is -1.88. The summed E-state index contributed by atoms with van der Waals surface area (Å²) in [5, 5.41) is 10.3. The van der Waals surface area contributed by atoms with Crippen molar-refractivity contribution in [1.29, 1.82) is 5.26 Å². The van der Waals surface area contributed by atoms with E-state index in [1.54, 1.807) is 11.4 Å². The average Bonchev–Trinajstić information content (AvgIpc) is 2.65. The van der Waals surface area contributed by atoms with E-state index in [0.717, 1.165) is 5.56 Å². The van der Waals surface area contributed by atoms with Gasteiger partial charge in [-0.05, 0) is 6.07 Å². The quantitative estimate of drug-likeness (QED) is 0.516. The molecule has 0 spiro atoms. The van der Waals surface area contributed by atoms with E-state index in [-0.39, 0.29) is 12.4 Å². The van der Waals surface area contributed by atoms with Crippen LogP contribution < -0.4 is 0 Å². The maximum Gasteiger partial charge on any atom is 0.317 e. The van der Waals surface area contributed by atoms with Crippen LogP contribution >= 0.6 is 11.3 Å². The molecule has 1 aromatic rings. The van der Waals surface area contributed by atoms with Crippen LogP contribution in [0, 0.1) is 23.2 Å². The van der Waals surface area contributed by atoms with Crippen molar-refractivity contribution in [3.05, 3.63) is 21.9 Å². The number of carbonyl (C=O) groups is 1. The summed E-state index contributed by atoms with van der Waals surface area (Å²) in [6, 6.07) is 3.71. The second kappa shape index (κ2) is 5.06. The first-order valence-electron chi connectivity index (χ1n) is 3.80. The standard InChI is InChI=1S/C10H7NO2S/c1-13-10(12)4-2-3-8-5-9(6-11)14-7-8/h5,7H,4H2,1H3. The second-order valence-electron chi connectivity index (χ2n) is 2.37. The van der Waals surface area contributed by atoms with E-state index < -0.39 is 0 Å². The fourth-order valence-corrected chi connectivity index (χ4v) is 1.38. The van der Waals surface area contributed by atoms with E-state index in [1.807, 2.05) is 6.07 Å². The number of rotatable bonds is 1. The molecular weight excluding hydrogens is 198 g/mol. The summed E-state index contributed by atoms with van der Waals surface area (Å²) in [7, 11) is 1.32. The van der Waals surface area contributed by atoms with Gasteiger partial charge in [0.05, 0.1) is 7.11 Å². The van der Waals surface area contributed by atoms with Crippen molar-refractivity contribution in [1.82, 2.24) is 0 Å². The molecule has 0 N–H and O–H groups in total. The molecule has 14 heavy (non-hydrogen) atoms. The first-order chi connectivity index (χ1) is 6.76. The minimum atomic E-state index is -0.353. The number of methoxy groups -OCH3 is 1. The number of hydrogen-bond donors (Lipinski definition) is 0. The van der Waals surface area contributed by atoms with E-state index in [1.165, 1.54) is 18.4 Å². The zero-order valence-corrected chi connectivity index (χ0v) is 8.35. The van der Waals surface area contributed by atoms with E-state index in [9.17, 15) is 4.79 Å². The Bertz CT molecular complexity index is 431. The number of ether oxygens (including phenoxy) is 1. The topological polar surface area (TPSA) is 50.1 Å². The highest BCUT2D eigenvalue weighted by atomic mass is 32.1. The van der Waals surface area contributed by atoms with Crippen molar-refractivity contribution < 1.29 is 9.53 Å². The van der Waals surface area contributed by atoms with E-state index in [2.05, 4.69) is 16.6 Å². The molecule has 1 rings (SSSR count). The van der Waals surface area contributed by atoms with Gasteiger partial charge in [0.15, 0.2) is 0 Å². The number of nitriles is 1. The van der Waals surface area contributed by atoms with Crippen molar-refractivity contribution in [2.24, 2.45) is 0 Å². The third kappa shape index (κ3) is 2.93. The number of hydrogen-bond acceptors (Lipinski definition) is 4. The molecule has 3 nitrogen and oxygen atoms in total. The minimum absolute atomic E-state index is 0.0776. The van der Waals surface area contributed by atoms with Crippen LogP contribution in [0.4, 0.5) is 0 Å². The van der Waals surface area contributed by atoms with Gasteiger partial charge in [-0.25, -0.2) is 0 Å². The molecule has 0 saturated heterocycles. The number of thiophene rings is 1. The summed E-state index contributed by atoms with van der Waals surface area (Å²) in [6.45, 7) is 0. The molecule has 0 saturated carbocycles. The highest BCUT2D eigenvalue weighted by Gasteiger charge is 1.96. The molecule has 0 atom stereocenters. The summed E-state index contributed by atoms with van der Waals surface area (Å²) >= 11 is 1.33. The fraction of sp³-hybridized carbons (Fsp3) is 0.200. The Balaban J connectivity index is 2.60. The molecule has 0 aliphatic carbocycles. The molecule has 0 radical (unpaired) electrons. The molecular formula is C10H7NO2S. The van der Waals surface area contributed by atoms with Crippen molar-refractivity contribution in [3.63, 3.8) is 0 Å². The number of esters is 1. The van der Waals surface area contributed by atoms with Gasteiger partial charge in [0, 0.05) is 10.9 Å². The van der Waals surface area contributed by atoms with Crippen LogP contribution in [0.3, 0.4) is 0 Å². The molecule has 0 fully saturated rings. The third-order valence-corrected chi connectivity index (χ3v) is 2.24. The summed E-state index contributed by atoms with van der Waals surface area (Å²) < 4.78 is 4.42. The van der Waals surface area contributed by atoms with Gasteiger partial charge in [0.1, 0.15) is 17.4 Å². The summed E-state index contributed by atoms with van der Waals surface area (Å²) in [6.07, 6.45) is 0.0776. The minimum Gasteiger partial charge on any atom is -0.468 e. The Morgan fingerprint density at radius 2 is 2.50 bits per heavy atom. The highest BCUT2D eigenvalue weighted by molar-refractivity contribution is 7.10. The highest BCUT2D eigenvalue weighted by Crippen LogP contribution is 2.11. The van der Waals surface area contributed by atoms with E-state index in [4.69, 9.17) is 5.26 Å². The van der Waals surface area contributed by atoms with Crippen molar-refractivity contribution in [2.75, 3.05) is 7.11 Å². The van der Waals surface area contributed by atoms with Gasteiger partial charge in [-0.15, -0.1) is 11.3 Å². The fourth-order valence-electron chi connectivity index (χ4n) is 0.751. The molecule has 70 valence electrons. The van der Waals surface area contributed by atoms with Gasteiger partial charge in [0.2, 0.25) is 0 Å². The zero-order chi connectivity index (χ0) is 10.4. The molecule has 0 amide bonds. The van der Waals surface area contributed by atoms with Crippen LogP contribution in [-0.2, 0) is 9.53 Å². The Kier molecular flexibility index (Phi) is 3.72. The van der Waals surface area contributed by atoms with Crippen molar-refractivity contribution in [3.8, 4) is 17.9 Å². The van der Waals surface area contributed by atoms with Gasteiger partial charge in [0.25, 0.3) is 0 Å². The monoisotopic (exact) mass is 205 g/mol. The lowest BCUT2D eigenvalue weighted by Crippen LogP contribution is -1.96. The predicted molar refractivity (Wildman–Crippen MR) is 52.5 cm³/mol. The average molecular weight is 205 g/mol. The maximum atomic E-state index is 10.7. The summed E-state index contributed by atoms with van der Waals surface area (Å²) in [5.74, 6) is 5.08. The largest absolute Gasteiger partial charge is 0.468 e. The zero-order valence-electron chi connectivity index (χ0n) is 7.53. The molecule has 0 aromatic carbocycles. The third-order valence-electron chi connectivity index (χ3n) is 1.40. The summed E-state index contributed by atoms with van der Waals surface area (Å²) in [4.78, 5) is 11.3. The summed E-state index contributed by atoms with van der Waals surface area (Å²) in [5.41, 5.74) is 0.760. The Hall–Kier alpha value is -1.78. The molecule has 0 unspecified atom stereocenters. The number of nitrogens with zero attached hydrogens (tertiary/aromatic N) is 1. The smallest absolute Gasteiger partial charge is 0.317 e. The predicted octanol–water partition coefficient (Wildman–Crippen LogP) is 1.53. The number of carbonyl (C=O) groups excluding carboxylic acids is 1. The molecule has 4 heteroatoms. The SMILES string of the molecule is COC(=O)CC#Cc1csc(C#N)c1. The maximum absolute atomic E-state index is 10.7. The lowest BCUT2D eigenvalue weighted by atomic mass is 10.3. The lowest BCUT2D eigenvalue weighted by molar-refractivity contribution is -0.139. The van der Waals surface area contributed by atoms with Gasteiger partial charge in [-0.2, -0.15) is 5.26 Å². The normalized spacial score (nSPS) is 8.29. The van der Waals surface area contributed by atoms with Gasteiger partial charge >= 0.3 is 5.97 Å². The second-order valence-corrected chi connectivity index (χ2v) is 3.28. The van der Waals surface area contributed by atoms with Gasteiger partial charge in [-0.1, -0.05) is 11.8 Å².